The number of likely N-dealkylation sites (N-methyl/N-ethyl adjacent to an activating group) is 2. The molecule has 328 valence electrons. The number of rotatable bonds is 7. The quantitative estimate of drug-likeness (QED) is 0.133. The minimum Gasteiger partial charge on any atom is -0.545 e. The number of piperazine rings is 2. The van der Waals surface area contributed by atoms with Gasteiger partial charge in [0.1, 0.15) is 0 Å². The van der Waals surface area contributed by atoms with E-state index in [-0.39, 0.29) is 37.8 Å². The van der Waals surface area contributed by atoms with E-state index in [1.807, 2.05) is 103 Å². The number of carbonyl (C=O) groups is 2. The molecule has 8 aromatic rings. The monoisotopic (exact) mass is 862 g/mol. The number of aromatic amines is 2. The molecule has 13 nitrogen and oxygen atoms in total. The van der Waals surface area contributed by atoms with E-state index in [2.05, 4.69) is 83.7 Å². The van der Waals surface area contributed by atoms with E-state index in [1.54, 1.807) is 18.2 Å². The molecule has 0 aliphatic carbocycles. The largest absolute Gasteiger partial charge is 1.00 e. The van der Waals surface area contributed by atoms with Crippen molar-refractivity contribution in [2.75, 3.05) is 87.3 Å². The molecular formula is C51H55LiN10O3. The number of H-pyrrole nitrogens is 2. The van der Waals surface area contributed by atoms with Crippen molar-refractivity contribution >= 4 is 56.7 Å². The summed E-state index contributed by atoms with van der Waals surface area (Å²) >= 11 is 0. The second-order valence-corrected chi connectivity index (χ2v) is 15.9. The fourth-order valence-electron chi connectivity index (χ4n) is 7.68. The zero-order chi connectivity index (χ0) is 43.7. The Balaban J connectivity index is 0.000000176. The van der Waals surface area contributed by atoms with E-state index in [4.69, 9.17) is 5.73 Å². The number of hydrogen-bond donors (Lipinski definition) is 4. The molecule has 0 unspecified atom stereocenters. The SMILES string of the molecule is C.CN1CCN(c2n[nH]c3cc(C(=O)Nc4ccc(-c5ccccc5)cc4)ccc23)CC1.CN1CCN(c2n[nH]c3cc(C(=O)[O-])ccc23)CC1.Nc1ccc(-c2ccccc2)cc1.[Li+]. The van der Waals surface area contributed by atoms with Crippen LogP contribution in [0.3, 0.4) is 0 Å². The van der Waals surface area contributed by atoms with Crippen molar-refractivity contribution in [2.24, 2.45) is 0 Å². The van der Waals surface area contributed by atoms with Gasteiger partial charge in [-0.25, -0.2) is 0 Å². The number of amides is 1. The van der Waals surface area contributed by atoms with Gasteiger partial charge in [-0.05, 0) is 96.5 Å². The number of carboxylic acids is 1. The topological polar surface area (TPSA) is 166 Å². The molecule has 65 heavy (non-hydrogen) atoms. The van der Waals surface area contributed by atoms with Gasteiger partial charge in [0.05, 0.1) is 17.0 Å². The first-order chi connectivity index (χ1) is 30.7. The molecular weight excluding hydrogens is 808 g/mol. The summed E-state index contributed by atoms with van der Waals surface area (Å²) in [6, 6.07) is 46.9. The Bertz CT molecular complexity index is 2760. The van der Waals surface area contributed by atoms with Crippen LogP contribution >= 0.6 is 0 Å². The van der Waals surface area contributed by atoms with Gasteiger partial charge in [-0.1, -0.05) is 98.4 Å². The van der Waals surface area contributed by atoms with Crippen molar-refractivity contribution in [3.8, 4) is 22.3 Å². The summed E-state index contributed by atoms with van der Waals surface area (Å²) in [6.45, 7) is 7.83. The van der Waals surface area contributed by atoms with Gasteiger partial charge in [0.2, 0.25) is 0 Å². The first-order valence-electron chi connectivity index (χ1n) is 21.1. The predicted octanol–water partition coefficient (Wildman–Crippen LogP) is 4.49. The number of nitrogen functional groups attached to an aromatic ring is 1. The number of nitrogens with two attached hydrogens (primary N) is 1. The summed E-state index contributed by atoms with van der Waals surface area (Å²) in [5.41, 5.74) is 14.3. The smallest absolute Gasteiger partial charge is 0.545 e. The summed E-state index contributed by atoms with van der Waals surface area (Å²) in [4.78, 5) is 32.7. The zero-order valence-electron chi connectivity index (χ0n) is 36.5. The zero-order valence-corrected chi connectivity index (χ0v) is 36.5. The number of anilines is 4. The van der Waals surface area contributed by atoms with Crippen LogP contribution in [0, 0.1) is 0 Å². The van der Waals surface area contributed by atoms with Crippen LogP contribution in [-0.4, -0.2) is 109 Å². The van der Waals surface area contributed by atoms with Gasteiger partial charge in [-0.2, -0.15) is 10.2 Å². The van der Waals surface area contributed by atoms with Gasteiger partial charge < -0.3 is 40.6 Å². The molecule has 6 aromatic carbocycles. The first-order valence-corrected chi connectivity index (χ1v) is 21.1. The molecule has 0 spiro atoms. The molecule has 2 aromatic heterocycles. The maximum Gasteiger partial charge on any atom is 1.00 e. The standard InChI is InChI=1S/C25H25N5O.C13H16N4O2.C12H11N.CH4.Li/c1-29-13-15-30(16-14-29)24-22-12-9-20(17-23(22)27-28-24)25(31)26-21-10-7-19(8-11-21)18-5-3-2-4-6-18;1-16-4-6-17(7-5-16)12-10-3-2-9(13(18)19)8-11(10)14-15-12;13-12-8-6-11(7-9-12)10-4-2-1-3-5-10;;/h2-12,17H,13-16H2,1H3,(H,26,31)(H,27,28);2-3,8H,4-7H2,1H3,(H,14,15)(H,18,19);1-9H,13H2;1H4;/q;;;;+1/p-1. The first kappa shape index (κ1) is 47.6. The third kappa shape index (κ3) is 11.8. The maximum atomic E-state index is 12.8. The second-order valence-electron chi connectivity index (χ2n) is 15.9. The van der Waals surface area contributed by atoms with E-state index >= 15 is 0 Å². The van der Waals surface area contributed by atoms with Gasteiger partial charge in [0.15, 0.2) is 11.6 Å². The van der Waals surface area contributed by atoms with Gasteiger partial charge in [-0.15, -0.1) is 0 Å². The van der Waals surface area contributed by atoms with E-state index < -0.39 is 5.97 Å². The molecule has 2 fully saturated rings. The summed E-state index contributed by atoms with van der Waals surface area (Å²) in [6.07, 6.45) is 0. The Morgan fingerprint density at radius 2 is 0.954 bits per heavy atom. The average molecular weight is 863 g/mol. The molecule has 2 saturated heterocycles. The van der Waals surface area contributed by atoms with Crippen LogP contribution in [0.4, 0.5) is 23.0 Å². The molecule has 0 bridgehead atoms. The van der Waals surface area contributed by atoms with Gasteiger partial charge in [-0.3, -0.25) is 15.0 Å². The van der Waals surface area contributed by atoms with Crippen LogP contribution < -0.4 is 44.8 Å². The number of aromatic nitrogens is 4. The minimum atomic E-state index is -1.17. The van der Waals surface area contributed by atoms with Crippen molar-refractivity contribution in [3.63, 3.8) is 0 Å². The van der Waals surface area contributed by atoms with E-state index in [1.165, 1.54) is 11.1 Å². The molecule has 0 radical (unpaired) electrons. The number of fused-ring (bicyclic) bond motifs is 2. The Morgan fingerprint density at radius 3 is 1.40 bits per heavy atom. The van der Waals surface area contributed by atoms with Gasteiger partial charge in [0, 0.05) is 80.1 Å². The third-order valence-corrected chi connectivity index (χ3v) is 11.5. The number of nitrogens with one attached hydrogen (secondary N) is 3. The Hall–Kier alpha value is -6.88. The Kier molecular flexibility index (Phi) is 16.2. The second kappa shape index (κ2) is 22.1. The summed E-state index contributed by atoms with van der Waals surface area (Å²) in [7, 11) is 4.24. The van der Waals surface area contributed by atoms with Crippen LogP contribution in [0.15, 0.2) is 146 Å². The number of carboxylic acid groups (broad SMARTS) is 1. The summed E-state index contributed by atoms with van der Waals surface area (Å²) in [5, 5.41) is 30.6. The minimum absolute atomic E-state index is 0. The number of nitrogens with zero attached hydrogens (tertiary/aromatic N) is 6. The number of benzene rings is 6. The van der Waals surface area contributed by atoms with Gasteiger partial charge >= 0.3 is 18.9 Å². The Morgan fingerprint density at radius 1 is 0.554 bits per heavy atom. The van der Waals surface area contributed by atoms with E-state index in [9.17, 15) is 14.7 Å². The van der Waals surface area contributed by atoms with Crippen molar-refractivity contribution in [2.45, 2.75) is 7.43 Å². The van der Waals surface area contributed by atoms with Crippen LogP contribution in [-0.2, 0) is 0 Å². The van der Waals surface area contributed by atoms with Crippen molar-refractivity contribution in [1.29, 1.82) is 0 Å². The normalized spacial score (nSPS) is 13.9. The van der Waals surface area contributed by atoms with Crippen LogP contribution in [0.2, 0.25) is 0 Å². The summed E-state index contributed by atoms with van der Waals surface area (Å²) in [5.74, 6) is 0.558. The van der Waals surface area contributed by atoms with Crippen LogP contribution in [0.1, 0.15) is 28.1 Å². The van der Waals surface area contributed by atoms with E-state index in [0.717, 1.165) is 108 Å². The van der Waals surface area contributed by atoms with Crippen molar-refractivity contribution in [3.05, 3.63) is 157 Å². The average Bonchev–Trinajstić information content (AvgIpc) is 3.95. The Labute approximate surface area is 392 Å². The predicted molar refractivity (Wildman–Crippen MR) is 259 cm³/mol. The molecule has 2 aliphatic rings. The van der Waals surface area contributed by atoms with Gasteiger partial charge in [0.25, 0.3) is 5.91 Å². The van der Waals surface area contributed by atoms with Crippen molar-refractivity contribution in [1.82, 2.24) is 30.2 Å². The molecule has 2 aliphatic heterocycles. The molecule has 1 amide bonds. The maximum absolute atomic E-state index is 12.8. The number of hydrogen-bond acceptors (Lipinski definition) is 10. The molecule has 5 N–H and O–H groups in total. The van der Waals surface area contributed by atoms with Crippen molar-refractivity contribution < 1.29 is 33.6 Å². The van der Waals surface area contributed by atoms with Crippen LogP contribution in [0.5, 0.6) is 0 Å². The fraction of sp³-hybridized carbons (Fsp3) is 0.216. The number of aromatic carboxylic acids is 1. The molecule has 0 saturated carbocycles. The third-order valence-electron chi connectivity index (χ3n) is 11.5. The fourth-order valence-corrected chi connectivity index (χ4v) is 7.68. The summed E-state index contributed by atoms with van der Waals surface area (Å²) < 4.78 is 0. The van der Waals surface area contributed by atoms with Crippen LogP contribution in [0.25, 0.3) is 44.1 Å². The molecule has 0 atom stereocenters. The van der Waals surface area contributed by atoms with E-state index in [0.29, 0.717) is 5.56 Å². The molecule has 14 heteroatoms. The number of carbonyl (C=O) groups excluding carboxylic acids is 2. The molecule has 10 rings (SSSR count). The molecule has 4 heterocycles.